The molecule has 3 aromatic rings. The molecule has 31 heavy (non-hydrogen) atoms. The van der Waals surface area contributed by atoms with Crippen LogP contribution in [0.4, 0.5) is 0 Å². The summed E-state index contributed by atoms with van der Waals surface area (Å²) in [4.78, 5) is 6.15. The van der Waals surface area contributed by atoms with Crippen molar-refractivity contribution in [2.24, 2.45) is 0 Å². The van der Waals surface area contributed by atoms with Gasteiger partial charge in [0.2, 0.25) is 10.0 Å². The third-order valence-electron chi connectivity index (χ3n) is 5.47. The molecule has 0 atom stereocenters. The summed E-state index contributed by atoms with van der Waals surface area (Å²) in [5.74, 6) is 0.835. The number of ether oxygens (including phenoxy) is 1. The fourth-order valence-corrected chi connectivity index (χ4v) is 6.26. The third-order valence-corrected chi connectivity index (χ3v) is 8.46. The van der Waals surface area contributed by atoms with Gasteiger partial charge in [0.25, 0.3) is 0 Å². The highest BCUT2D eigenvalue weighted by molar-refractivity contribution is 7.89. The van der Waals surface area contributed by atoms with Crippen molar-refractivity contribution in [3.8, 4) is 16.3 Å². The van der Waals surface area contributed by atoms with E-state index in [0.717, 1.165) is 32.5 Å². The molecule has 1 aliphatic rings. The van der Waals surface area contributed by atoms with Gasteiger partial charge in [0.05, 0.1) is 23.7 Å². The van der Waals surface area contributed by atoms with Gasteiger partial charge in [-0.3, -0.25) is 0 Å². The Labute approximate surface area is 188 Å². The Bertz CT molecular complexity index is 1160. The minimum atomic E-state index is -3.54. The van der Waals surface area contributed by atoms with Crippen molar-refractivity contribution >= 4 is 21.4 Å². The van der Waals surface area contributed by atoms with Crippen molar-refractivity contribution in [2.75, 3.05) is 13.2 Å². The zero-order valence-corrected chi connectivity index (χ0v) is 20.0. The number of nitrogens with zero attached hydrogens (tertiary/aromatic N) is 2. The number of aromatic nitrogens is 1. The molecule has 0 fully saturated rings. The summed E-state index contributed by atoms with van der Waals surface area (Å²) in [5, 5.41) is 0.918. The molecule has 0 amide bonds. The van der Waals surface area contributed by atoms with Crippen LogP contribution in [0, 0.1) is 0 Å². The van der Waals surface area contributed by atoms with E-state index in [-0.39, 0.29) is 5.41 Å². The van der Waals surface area contributed by atoms with Gasteiger partial charge in [0.1, 0.15) is 10.8 Å². The van der Waals surface area contributed by atoms with E-state index < -0.39 is 10.0 Å². The van der Waals surface area contributed by atoms with Gasteiger partial charge < -0.3 is 4.74 Å². The number of fused-ring (bicyclic) bond motifs is 1. The van der Waals surface area contributed by atoms with Crippen LogP contribution in [0.25, 0.3) is 10.6 Å². The first kappa shape index (κ1) is 22.0. The zero-order valence-electron chi connectivity index (χ0n) is 18.4. The second-order valence-corrected chi connectivity index (χ2v) is 11.7. The molecule has 4 rings (SSSR count). The second kappa shape index (κ2) is 8.37. The van der Waals surface area contributed by atoms with Gasteiger partial charge in [-0.2, -0.15) is 4.31 Å². The molecule has 164 valence electrons. The maximum absolute atomic E-state index is 13.2. The van der Waals surface area contributed by atoms with E-state index in [1.165, 1.54) is 0 Å². The maximum atomic E-state index is 13.2. The number of rotatable bonds is 5. The van der Waals surface area contributed by atoms with Crippen molar-refractivity contribution in [1.29, 1.82) is 0 Å². The van der Waals surface area contributed by atoms with E-state index in [4.69, 9.17) is 9.72 Å². The van der Waals surface area contributed by atoms with E-state index in [9.17, 15) is 8.42 Å². The lowest BCUT2D eigenvalue weighted by Gasteiger charge is -2.26. The molecule has 0 radical (unpaired) electrons. The lowest BCUT2D eigenvalue weighted by molar-refractivity contribution is 0.340. The largest absolute Gasteiger partial charge is 0.494 e. The third kappa shape index (κ3) is 4.54. The lowest BCUT2D eigenvalue weighted by atomic mass is 9.87. The van der Waals surface area contributed by atoms with E-state index in [0.29, 0.717) is 31.0 Å². The van der Waals surface area contributed by atoms with Crippen LogP contribution in [0.15, 0.2) is 53.4 Å². The quantitative estimate of drug-likeness (QED) is 0.526. The van der Waals surface area contributed by atoms with Crippen LogP contribution in [-0.2, 0) is 28.4 Å². The van der Waals surface area contributed by atoms with Gasteiger partial charge in [-0.05, 0) is 54.3 Å². The molecule has 2 heterocycles. The number of thiazole rings is 1. The standard InChI is InChI=1S/C24H28N2O3S2/c1-5-29-19-10-6-17(7-11-19)23-25-21-14-15-26(16-22(21)30-23)31(27,28)20-12-8-18(9-13-20)24(2,3)4/h6-13H,5,14-16H2,1-4H3. The van der Waals surface area contributed by atoms with Crippen LogP contribution in [0.2, 0.25) is 0 Å². The smallest absolute Gasteiger partial charge is 0.243 e. The van der Waals surface area contributed by atoms with Gasteiger partial charge in [-0.1, -0.05) is 32.9 Å². The zero-order chi connectivity index (χ0) is 22.2. The Morgan fingerprint density at radius 1 is 1.06 bits per heavy atom. The molecule has 0 aliphatic carbocycles. The van der Waals surface area contributed by atoms with Crippen LogP contribution >= 0.6 is 11.3 Å². The summed E-state index contributed by atoms with van der Waals surface area (Å²) < 4.78 is 33.5. The monoisotopic (exact) mass is 456 g/mol. The van der Waals surface area contributed by atoms with Crippen molar-refractivity contribution < 1.29 is 13.2 Å². The van der Waals surface area contributed by atoms with Crippen LogP contribution in [-0.4, -0.2) is 30.9 Å². The molecule has 2 aromatic carbocycles. The van der Waals surface area contributed by atoms with E-state index in [1.54, 1.807) is 27.8 Å². The average Bonchev–Trinajstić information content (AvgIpc) is 3.17. The topological polar surface area (TPSA) is 59.5 Å². The summed E-state index contributed by atoms with van der Waals surface area (Å²) in [5.41, 5.74) is 3.13. The molecule has 0 saturated carbocycles. The first-order chi connectivity index (χ1) is 14.7. The Hall–Kier alpha value is -2.22. The molecule has 1 aliphatic heterocycles. The number of benzene rings is 2. The Kier molecular flexibility index (Phi) is 5.94. The molecule has 0 unspecified atom stereocenters. The van der Waals surface area contributed by atoms with Crippen LogP contribution < -0.4 is 4.74 Å². The average molecular weight is 457 g/mol. The van der Waals surface area contributed by atoms with Gasteiger partial charge in [0.15, 0.2) is 0 Å². The minimum absolute atomic E-state index is 0.0117. The number of hydrogen-bond acceptors (Lipinski definition) is 5. The summed E-state index contributed by atoms with van der Waals surface area (Å²) >= 11 is 1.57. The molecular weight excluding hydrogens is 428 g/mol. The SMILES string of the molecule is CCOc1ccc(-c2nc3c(s2)CN(S(=O)(=O)c2ccc(C(C)(C)C)cc2)CC3)cc1. The van der Waals surface area contributed by atoms with Gasteiger partial charge in [-0.15, -0.1) is 11.3 Å². The minimum Gasteiger partial charge on any atom is -0.494 e. The highest BCUT2D eigenvalue weighted by atomic mass is 32.2. The fraction of sp³-hybridized carbons (Fsp3) is 0.375. The summed E-state index contributed by atoms with van der Waals surface area (Å²) in [6, 6.07) is 15.2. The highest BCUT2D eigenvalue weighted by Crippen LogP contribution is 2.34. The van der Waals surface area contributed by atoms with Crippen LogP contribution in [0.5, 0.6) is 5.75 Å². The van der Waals surface area contributed by atoms with Crippen LogP contribution in [0.1, 0.15) is 43.8 Å². The first-order valence-electron chi connectivity index (χ1n) is 10.5. The Morgan fingerprint density at radius 2 is 1.74 bits per heavy atom. The van der Waals surface area contributed by atoms with Gasteiger partial charge in [0, 0.05) is 23.4 Å². The molecule has 7 heteroatoms. The molecule has 0 spiro atoms. The summed E-state index contributed by atoms with van der Waals surface area (Å²) in [6.45, 7) is 9.77. The van der Waals surface area contributed by atoms with Crippen molar-refractivity contribution in [3.63, 3.8) is 0 Å². The van der Waals surface area contributed by atoms with E-state index in [2.05, 4.69) is 20.8 Å². The molecular formula is C24H28N2O3S2. The predicted octanol–water partition coefficient (Wildman–Crippen LogP) is 5.25. The Morgan fingerprint density at radius 3 is 2.35 bits per heavy atom. The fourth-order valence-electron chi connectivity index (χ4n) is 3.64. The molecule has 0 N–H and O–H groups in total. The van der Waals surface area contributed by atoms with E-state index >= 15 is 0 Å². The van der Waals surface area contributed by atoms with E-state index in [1.807, 2.05) is 43.3 Å². The molecule has 1 aromatic heterocycles. The lowest BCUT2D eigenvalue weighted by Crippen LogP contribution is -2.35. The summed E-state index contributed by atoms with van der Waals surface area (Å²) in [7, 11) is -3.54. The molecule has 0 saturated heterocycles. The molecule has 5 nitrogen and oxygen atoms in total. The first-order valence-corrected chi connectivity index (χ1v) is 12.8. The normalized spacial score (nSPS) is 15.0. The van der Waals surface area contributed by atoms with Gasteiger partial charge >= 0.3 is 0 Å². The Balaban J connectivity index is 1.54. The van der Waals surface area contributed by atoms with Crippen LogP contribution in [0.3, 0.4) is 0 Å². The molecule has 0 bridgehead atoms. The highest BCUT2D eigenvalue weighted by Gasteiger charge is 2.30. The number of sulfonamides is 1. The van der Waals surface area contributed by atoms with Crippen molar-refractivity contribution in [3.05, 3.63) is 64.7 Å². The van der Waals surface area contributed by atoms with Crippen molar-refractivity contribution in [2.45, 2.75) is 51.0 Å². The maximum Gasteiger partial charge on any atom is 0.243 e. The van der Waals surface area contributed by atoms with Crippen molar-refractivity contribution in [1.82, 2.24) is 9.29 Å². The van der Waals surface area contributed by atoms with Gasteiger partial charge in [-0.25, -0.2) is 13.4 Å². The second-order valence-electron chi connectivity index (χ2n) is 8.71. The predicted molar refractivity (Wildman–Crippen MR) is 125 cm³/mol. The summed E-state index contributed by atoms with van der Waals surface area (Å²) in [6.07, 6.45) is 0.627. The number of hydrogen-bond donors (Lipinski definition) is 0.